The number of aryl methyl sites for hydroxylation is 1. The molecule has 0 radical (unpaired) electrons. The van der Waals surface area contributed by atoms with Gasteiger partial charge < -0.3 is 26.7 Å². The molecule has 1 saturated heterocycles. The van der Waals surface area contributed by atoms with E-state index in [1.165, 1.54) is 18.2 Å². The highest BCUT2D eigenvalue weighted by Gasteiger charge is 2.35. The number of imidazole rings is 1. The molecule has 2 aliphatic rings. The predicted molar refractivity (Wildman–Crippen MR) is 191 cm³/mol. The minimum absolute atomic E-state index is 0.0426. The third-order valence-electron chi connectivity index (χ3n) is 10.4. The Balaban J connectivity index is 1.16. The molecule has 0 spiro atoms. The first kappa shape index (κ1) is 36.2. The molecule has 1 aliphatic carbocycles. The summed E-state index contributed by atoms with van der Waals surface area (Å²) in [5, 5.41) is 9.28. The number of anilines is 1. The summed E-state index contributed by atoms with van der Waals surface area (Å²) in [5.74, 6) is -1.93. The first-order chi connectivity index (χ1) is 24.5. The van der Waals surface area contributed by atoms with Crippen molar-refractivity contribution in [2.24, 2.45) is 23.5 Å². The molecule has 4 aromatic rings. The summed E-state index contributed by atoms with van der Waals surface area (Å²) in [5.41, 5.74) is 10.8. The monoisotopic (exact) mass is 702 g/mol. The lowest BCUT2D eigenvalue weighted by atomic mass is 9.77. The molecular weight excluding hydrogens is 657 g/mol. The van der Waals surface area contributed by atoms with Gasteiger partial charge >= 0.3 is 6.18 Å². The number of carbonyl (C=O) groups is 3. The molecule has 270 valence electrons. The normalized spacial score (nSPS) is 19.1. The van der Waals surface area contributed by atoms with Crippen LogP contribution in [0.25, 0.3) is 22.2 Å². The Kier molecular flexibility index (Phi) is 11.2. The van der Waals surface area contributed by atoms with Crippen LogP contribution in [0.2, 0.25) is 0 Å². The van der Waals surface area contributed by atoms with Crippen molar-refractivity contribution in [1.29, 1.82) is 0 Å². The summed E-state index contributed by atoms with van der Waals surface area (Å²) >= 11 is 0. The fourth-order valence-electron chi connectivity index (χ4n) is 7.32. The number of aromatic amines is 1. The van der Waals surface area contributed by atoms with Crippen LogP contribution in [0.5, 0.6) is 0 Å². The largest absolute Gasteiger partial charge is 0.449 e. The van der Waals surface area contributed by atoms with Crippen LogP contribution in [0.3, 0.4) is 0 Å². The Morgan fingerprint density at radius 1 is 0.941 bits per heavy atom. The van der Waals surface area contributed by atoms with Gasteiger partial charge in [-0.25, -0.2) is 4.98 Å². The van der Waals surface area contributed by atoms with E-state index in [1.54, 1.807) is 0 Å². The second-order valence-corrected chi connectivity index (χ2v) is 14.1. The van der Waals surface area contributed by atoms with Crippen LogP contribution in [0.4, 0.5) is 18.9 Å². The second-order valence-electron chi connectivity index (χ2n) is 14.1. The summed E-state index contributed by atoms with van der Waals surface area (Å²) in [4.78, 5) is 46.1. The number of nitrogens with one attached hydrogen (secondary N) is 4. The number of nitrogens with two attached hydrogens (primary N) is 1. The highest BCUT2D eigenvalue weighted by Crippen LogP contribution is 2.33. The van der Waals surface area contributed by atoms with Gasteiger partial charge in [0.15, 0.2) is 0 Å². The molecule has 6 N–H and O–H groups in total. The molecule has 1 aliphatic heterocycles. The molecule has 1 atom stereocenters. The number of hydrogen-bond donors (Lipinski definition) is 5. The maximum atomic E-state index is 13.8. The minimum Gasteiger partial charge on any atom is -0.349 e. The SMILES string of the molecule is Cc1cc(C(=O)NC2CCNCC2)ccc1-c1ccc(C[C@H](CC(=O)C2CCC(CN)CC2)C(=O)Nc2ccc3nc(C(F)(F)F)[nH]c3c2)cc1. The lowest BCUT2D eigenvalue weighted by Crippen LogP contribution is -2.42. The fraction of sp³-hybridized carbons (Fsp3) is 0.436. The molecule has 3 aromatic carbocycles. The van der Waals surface area contributed by atoms with Crippen LogP contribution in [0.15, 0.2) is 60.7 Å². The highest BCUT2D eigenvalue weighted by molar-refractivity contribution is 5.97. The third-order valence-corrected chi connectivity index (χ3v) is 10.4. The first-order valence-corrected chi connectivity index (χ1v) is 17.8. The zero-order chi connectivity index (χ0) is 36.1. The quantitative estimate of drug-likeness (QED) is 0.120. The Morgan fingerprint density at radius 3 is 2.33 bits per heavy atom. The molecule has 1 saturated carbocycles. The van der Waals surface area contributed by atoms with Crippen LogP contribution >= 0.6 is 0 Å². The standard InChI is InChI=1S/C39H45F3N6O3/c1-23-18-28(36(50)45-30-14-16-44-17-15-30)10-12-32(23)26-6-2-24(3-7-26)19-29(20-35(49)27-8-4-25(22-43)5-9-27)37(51)46-31-11-13-33-34(21-31)48-38(47-33)39(40,41)42/h2-3,6-7,10-13,18,21,25,27,29-30,44H,4-5,8-9,14-17,19-20,22,43H2,1H3,(H,45,50)(H,46,51)(H,47,48)/t25?,27?,29-/m1/s1. The second kappa shape index (κ2) is 15.8. The number of ketones is 1. The summed E-state index contributed by atoms with van der Waals surface area (Å²) in [6.45, 7) is 4.37. The van der Waals surface area contributed by atoms with E-state index in [1.807, 2.05) is 49.4 Å². The van der Waals surface area contributed by atoms with Crippen LogP contribution in [0.1, 0.15) is 72.3 Å². The molecule has 6 rings (SSSR count). The van der Waals surface area contributed by atoms with Crippen LogP contribution < -0.4 is 21.7 Å². The fourth-order valence-corrected chi connectivity index (χ4v) is 7.32. The van der Waals surface area contributed by atoms with Crippen molar-refractivity contribution in [1.82, 2.24) is 20.6 Å². The van der Waals surface area contributed by atoms with Crippen molar-refractivity contribution in [2.75, 3.05) is 25.0 Å². The molecule has 2 heterocycles. The molecular formula is C39H45F3N6O3. The molecule has 0 bridgehead atoms. The number of piperidine rings is 1. The number of Topliss-reactive ketones (excluding diaryl/α,β-unsaturated/α-hetero) is 1. The number of aromatic nitrogens is 2. The Labute approximate surface area is 295 Å². The number of H-pyrrole nitrogens is 1. The zero-order valence-electron chi connectivity index (χ0n) is 28.7. The Hall–Kier alpha value is -4.55. The van der Waals surface area contributed by atoms with E-state index in [2.05, 4.69) is 25.9 Å². The van der Waals surface area contributed by atoms with E-state index in [0.717, 1.165) is 73.9 Å². The average molecular weight is 703 g/mol. The lowest BCUT2D eigenvalue weighted by molar-refractivity contribution is -0.144. The number of rotatable bonds is 11. The summed E-state index contributed by atoms with van der Waals surface area (Å²) < 4.78 is 39.6. The number of carbonyl (C=O) groups excluding carboxylic acids is 3. The van der Waals surface area contributed by atoms with Crippen molar-refractivity contribution in [3.05, 3.63) is 83.2 Å². The number of fused-ring (bicyclic) bond motifs is 1. The number of hydrogen-bond acceptors (Lipinski definition) is 6. The number of amides is 2. The van der Waals surface area contributed by atoms with Crippen LogP contribution in [-0.2, 0) is 22.2 Å². The smallest absolute Gasteiger partial charge is 0.349 e. The molecule has 12 heteroatoms. The maximum absolute atomic E-state index is 13.8. The van der Waals surface area contributed by atoms with Gasteiger partial charge in [0, 0.05) is 35.5 Å². The van der Waals surface area contributed by atoms with Gasteiger partial charge in [-0.3, -0.25) is 14.4 Å². The van der Waals surface area contributed by atoms with Gasteiger partial charge in [-0.15, -0.1) is 0 Å². The number of halogens is 3. The number of alkyl halides is 3. The predicted octanol–water partition coefficient (Wildman–Crippen LogP) is 6.56. The maximum Gasteiger partial charge on any atom is 0.449 e. The van der Waals surface area contributed by atoms with E-state index in [9.17, 15) is 27.6 Å². The zero-order valence-corrected chi connectivity index (χ0v) is 28.7. The molecule has 0 unspecified atom stereocenters. The highest BCUT2D eigenvalue weighted by atomic mass is 19.4. The van der Waals surface area contributed by atoms with Gasteiger partial charge in [0.05, 0.1) is 11.0 Å². The molecule has 51 heavy (non-hydrogen) atoms. The van der Waals surface area contributed by atoms with Crippen molar-refractivity contribution < 1.29 is 27.6 Å². The van der Waals surface area contributed by atoms with E-state index in [-0.39, 0.29) is 47.0 Å². The Bertz CT molecular complexity index is 1860. The molecule has 2 amide bonds. The summed E-state index contributed by atoms with van der Waals surface area (Å²) in [6.07, 6.45) is 0.823. The van der Waals surface area contributed by atoms with Crippen molar-refractivity contribution >= 4 is 34.3 Å². The van der Waals surface area contributed by atoms with Gasteiger partial charge in [-0.1, -0.05) is 30.3 Å². The lowest BCUT2D eigenvalue weighted by Gasteiger charge is -2.27. The first-order valence-electron chi connectivity index (χ1n) is 17.8. The van der Waals surface area contributed by atoms with Gasteiger partial charge in [-0.05, 0) is 130 Å². The van der Waals surface area contributed by atoms with Gasteiger partial charge in [0.1, 0.15) is 5.78 Å². The van der Waals surface area contributed by atoms with Crippen molar-refractivity contribution in [3.63, 3.8) is 0 Å². The molecule has 2 fully saturated rings. The van der Waals surface area contributed by atoms with E-state index < -0.39 is 17.9 Å². The van der Waals surface area contributed by atoms with E-state index >= 15 is 0 Å². The van der Waals surface area contributed by atoms with Gasteiger partial charge in [-0.2, -0.15) is 13.2 Å². The average Bonchev–Trinajstić information content (AvgIpc) is 3.57. The summed E-state index contributed by atoms with van der Waals surface area (Å²) in [7, 11) is 0. The van der Waals surface area contributed by atoms with Gasteiger partial charge in [0.2, 0.25) is 11.7 Å². The van der Waals surface area contributed by atoms with Gasteiger partial charge in [0.25, 0.3) is 5.91 Å². The summed E-state index contributed by atoms with van der Waals surface area (Å²) in [6, 6.07) is 18.0. The van der Waals surface area contributed by atoms with E-state index in [4.69, 9.17) is 5.73 Å². The molecule has 9 nitrogen and oxygen atoms in total. The number of nitrogens with zero attached hydrogens (tertiary/aromatic N) is 1. The third kappa shape index (κ3) is 9.04. The van der Waals surface area contributed by atoms with Crippen molar-refractivity contribution in [2.45, 2.75) is 70.5 Å². The molecule has 1 aromatic heterocycles. The minimum atomic E-state index is -4.63. The van der Waals surface area contributed by atoms with Crippen molar-refractivity contribution in [3.8, 4) is 11.1 Å². The van der Waals surface area contributed by atoms with Crippen LogP contribution in [-0.4, -0.2) is 53.2 Å². The number of benzene rings is 3. The topological polar surface area (TPSA) is 142 Å². The Morgan fingerprint density at radius 2 is 1.67 bits per heavy atom. The van der Waals surface area contributed by atoms with Crippen LogP contribution in [0, 0.1) is 24.7 Å². The van der Waals surface area contributed by atoms with E-state index in [0.29, 0.717) is 30.1 Å².